The van der Waals surface area contributed by atoms with E-state index >= 15 is 0 Å². The summed E-state index contributed by atoms with van der Waals surface area (Å²) in [5, 5.41) is 0. The molecule has 0 N–H and O–H groups in total. The SMILES string of the molecule is Cc1ncccc1CC(=O)N1CCc2ccccc21. The fourth-order valence-electron chi connectivity index (χ4n) is 2.56. The molecule has 96 valence electrons. The van der Waals surface area contributed by atoms with Crippen molar-refractivity contribution < 1.29 is 4.79 Å². The Bertz CT molecular complexity index is 622. The van der Waals surface area contributed by atoms with Gasteiger partial charge in [0.2, 0.25) is 5.91 Å². The first-order valence-corrected chi connectivity index (χ1v) is 6.54. The van der Waals surface area contributed by atoms with E-state index in [1.165, 1.54) is 5.56 Å². The van der Waals surface area contributed by atoms with Crippen LogP contribution in [0.2, 0.25) is 0 Å². The molecule has 0 spiro atoms. The number of fused-ring (bicyclic) bond motifs is 1. The second-order valence-corrected chi connectivity index (χ2v) is 4.85. The van der Waals surface area contributed by atoms with Gasteiger partial charge in [-0.2, -0.15) is 0 Å². The Balaban J connectivity index is 1.81. The molecule has 0 saturated heterocycles. The average Bonchev–Trinajstić information content (AvgIpc) is 2.85. The number of benzene rings is 1. The molecule has 1 aliphatic rings. The number of nitrogens with zero attached hydrogens (tertiary/aromatic N) is 2. The van der Waals surface area contributed by atoms with Gasteiger partial charge in [0.15, 0.2) is 0 Å². The molecule has 3 rings (SSSR count). The third kappa shape index (κ3) is 2.24. The van der Waals surface area contributed by atoms with Gasteiger partial charge in [-0.1, -0.05) is 24.3 Å². The smallest absolute Gasteiger partial charge is 0.231 e. The van der Waals surface area contributed by atoms with Crippen molar-refractivity contribution in [2.75, 3.05) is 11.4 Å². The Hall–Kier alpha value is -2.16. The number of aromatic nitrogens is 1. The zero-order valence-electron chi connectivity index (χ0n) is 11.0. The molecule has 2 heterocycles. The van der Waals surface area contributed by atoms with Gasteiger partial charge >= 0.3 is 0 Å². The number of pyridine rings is 1. The highest BCUT2D eigenvalue weighted by atomic mass is 16.2. The highest BCUT2D eigenvalue weighted by Crippen LogP contribution is 2.28. The Morgan fingerprint density at radius 1 is 1.26 bits per heavy atom. The van der Waals surface area contributed by atoms with E-state index in [9.17, 15) is 4.79 Å². The molecule has 0 fully saturated rings. The molecular weight excluding hydrogens is 236 g/mol. The van der Waals surface area contributed by atoms with E-state index in [4.69, 9.17) is 0 Å². The fraction of sp³-hybridized carbons (Fsp3) is 0.250. The summed E-state index contributed by atoms with van der Waals surface area (Å²) >= 11 is 0. The maximum atomic E-state index is 12.4. The Kier molecular flexibility index (Phi) is 3.03. The Morgan fingerprint density at radius 3 is 2.95 bits per heavy atom. The van der Waals surface area contributed by atoms with Crippen molar-refractivity contribution >= 4 is 11.6 Å². The summed E-state index contributed by atoms with van der Waals surface area (Å²) in [4.78, 5) is 18.6. The van der Waals surface area contributed by atoms with Crippen LogP contribution in [0.25, 0.3) is 0 Å². The van der Waals surface area contributed by atoms with Crippen LogP contribution < -0.4 is 4.90 Å². The largest absolute Gasteiger partial charge is 0.312 e. The molecule has 19 heavy (non-hydrogen) atoms. The second kappa shape index (κ2) is 4.84. The van der Waals surface area contributed by atoms with Crippen LogP contribution in [0, 0.1) is 6.92 Å². The minimum Gasteiger partial charge on any atom is -0.312 e. The maximum Gasteiger partial charge on any atom is 0.231 e. The van der Waals surface area contributed by atoms with Crippen molar-refractivity contribution in [2.24, 2.45) is 0 Å². The number of hydrogen-bond donors (Lipinski definition) is 0. The zero-order valence-corrected chi connectivity index (χ0v) is 11.0. The molecule has 1 aliphatic heterocycles. The van der Waals surface area contributed by atoms with E-state index in [1.807, 2.05) is 42.2 Å². The number of para-hydroxylation sites is 1. The molecule has 3 nitrogen and oxygen atoms in total. The lowest BCUT2D eigenvalue weighted by Crippen LogP contribution is -2.30. The minimum atomic E-state index is 0.154. The number of amides is 1. The standard InChI is InChI=1S/C16H16N2O/c1-12-14(6-4-9-17-12)11-16(19)18-10-8-13-5-2-3-7-15(13)18/h2-7,9H,8,10-11H2,1H3. The molecule has 0 atom stereocenters. The average molecular weight is 252 g/mol. The highest BCUT2D eigenvalue weighted by Gasteiger charge is 2.24. The lowest BCUT2D eigenvalue weighted by Gasteiger charge is -2.17. The highest BCUT2D eigenvalue weighted by molar-refractivity contribution is 5.96. The van der Waals surface area contributed by atoms with Crippen LogP contribution in [0.15, 0.2) is 42.6 Å². The van der Waals surface area contributed by atoms with Crippen molar-refractivity contribution in [3.8, 4) is 0 Å². The lowest BCUT2D eigenvalue weighted by atomic mass is 10.1. The summed E-state index contributed by atoms with van der Waals surface area (Å²) in [6, 6.07) is 12.0. The first-order chi connectivity index (χ1) is 9.25. The van der Waals surface area contributed by atoms with Gasteiger partial charge in [0.05, 0.1) is 6.42 Å². The summed E-state index contributed by atoms with van der Waals surface area (Å²) in [5.74, 6) is 0.154. The van der Waals surface area contributed by atoms with Gasteiger partial charge in [-0.3, -0.25) is 9.78 Å². The predicted octanol–water partition coefficient (Wildman–Crippen LogP) is 2.52. The van der Waals surface area contributed by atoms with Crippen molar-refractivity contribution in [1.82, 2.24) is 4.98 Å². The number of carbonyl (C=O) groups is 1. The molecule has 3 heteroatoms. The number of aryl methyl sites for hydroxylation is 1. The van der Waals surface area contributed by atoms with Gasteiger partial charge < -0.3 is 4.90 Å². The number of carbonyl (C=O) groups excluding carboxylic acids is 1. The fourth-order valence-corrected chi connectivity index (χ4v) is 2.56. The third-order valence-electron chi connectivity index (χ3n) is 3.65. The Labute approximate surface area is 112 Å². The number of anilines is 1. The molecule has 0 bridgehead atoms. The number of rotatable bonds is 2. The molecular formula is C16H16N2O. The van der Waals surface area contributed by atoms with Crippen LogP contribution in [0.4, 0.5) is 5.69 Å². The van der Waals surface area contributed by atoms with Crippen LogP contribution in [0.3, 0.4) is 0 Å². The monoisotopic (exact) mass is 252 g/mol. The molecule has 1 aromatic heterocycles. The summed E-state index contributed by atoms with van der Waals surface area (Å²) in [5.41, 5.74) is 4.27. The molecule has 2 aromatic rings. The summed E-state index contributed by atoms with van der Waals surface area (Å²) in [6.45, 7) is 2.73. The Morgan fingerprint density at radius 2 is 2.11 bits per heavy atom. The normalized spacial score (nSPS) is 13.4. The van der Waals surface area contributed by atoms with Crippen molar-refractivity contribution in [2.45, 2.75) is 19.8 Å². The summed E-state index contributed by atoms with van der Waals surface area (Å²) in [7, 11) is 0. The topological polar surface area (TPSA) is 33.2 Å². The zero-order chi connectivity index (χ0) is 13.2. The van der Waals surface area contributed by atoms with Crippen LogP contribution in [0.1, 0.15) is 16.8 Å². The first kappa shape index (κ1) is 11.9. The number of hydrogen-bond acceptors (Lipinski definition) is 2. The quantitative estimate of drug-likeness (QED) is 0.823. The van der Waals surface area contributed by atoms with Gasteiger partial charge in [-0.25, -0.2) is 0 Å². The molecule has 0 aliphatic carbocycles. The van der Waals surface area contributed by atoms with Gasteiger partial charge in [0.1, 0.15) is 0 Å². The van der Waals surface area contributed by atoms with E-state index in [-0.39, 0.29) is 5.91 Å². The van der Waals surface area contributed by atoms with E-state index in [0.29, 0.717) is 6.42 Å². The van der Waals surface area contributed by atoms with E-state index in [0.717, 1.165) is 29.9 Å². The van der Waals surface area contributed by atoms with Crippen molar-refractivity contribution in [3.05, 3.63) is 59.4 Å². The molecule has 0 saturated carbocycles. The van der Waals surface area contributed by atoms with Crippen LogP contribution in [0.5, 0.6) is 0 Å². The van der Waals surface area contributed by atoms with Gasteiger partial charge in [0, 0.05) is 24.1 Å². The predicted molar refractivity (Wildman–Crippen MR) is 75.2 cm³/mol. The van der Waals surface area contributed by atoms with Crippen LogP contribution >= 0.6 is 0 Å². The molecule has 0 radical (unpaired) electrons. The maximum absolute atomic E-state index is 12.4. The summed E-state index contributed by atoms with van der Waals surface area (Å²) < 4.78 is 0. The van der Waals surface area contributed by atoms with Crippen LogP contribution in [-0.4, -0.2) is 17.4 Å². The minimum absolute atomic E-state index is 0.154. The van der Waals surface area contributed by atoms with Crippen LogP contribution in [-0.2, 0) is 17.6 Å². The van der Waals surface area contributed by atoms with E-state index in [2.05, 4.69) is 11.1 Å². The third-order valence-corrected chi connectivity index (χ3v) is 3.65. The van der Waals surface area contributed by atoms with Gasteiger partial charge in [-0.05, 0) is 36.6 Å². The van der Waals surface area contributed by atoms with E-state index < -0.39 is 0 Å². The first-order valence-electron chi connectivity index (χ1n) is 6.54. The lowest BCUT2D eigenvalue weighted by molar-refractivity contribution is -0.117. The molecule has 1 aromatic carbocycles. The second-order valence-electron chi connectivity index (χ2n) is 4.85. The van der Waals surface area contributed by atoms with Crippen molar-refractivity contribution in [3.63, 3.8) is 0 Å². The van der Waals surface area contributed by atoms with E-state index in [1.54, 1.807) is 6.20 Å². The molecule has 1 amide bonds. The molecule has 0 unspecified atom stereocenters. The summed E-state index contributed by atoms with van der Waals surface area (Å²) in [6.07, 6.45) is 3.14. The van der Waals surface area contributed by atoms with Gasteiger partial charge in [0.25, 0.3) is 0 Å². The van der Waals surface area contributed by atoms with Crippen molar-refractivity contribution in [1.29, 1.82) is 0 Å². The van der Waals surface area contributed by atoms with Gasteiger partial charge in [-0.15, -0.1) is 0 Å².